The standard InChI is InChI=1S/C14H19NO/c16-14(13-4-2-1-3-5-13)7-6-12-8-10-15-11-9-12/h4,8-11,14,16H,1-3,5-7H2. The van der Waals surface area contributed by atoms with Crippen molar-refractivity contribution < 1.29 is 5.11 Å². The minimum Gasteiger partial charge on any atom is -0.389 e. The molecule has 1 heterocycles. The molecule has 0 radical (unpaired) electrons. The molecule has 1 unspecified atom stereocenters. The Morgan fingerprint density at radius 2 is 2.06 bits per heavy atom. The largest absolute Gasteiger partial charge is 0.389 e. The predicted molar refractivity (Wildman–Crippen MR) is 65.1 cm³/mol. The van der Waals surface area contributed by atoms with Gasteiger partial charge in [-0.25, -0.2) is 0 Å². The van der Waals surface area contributed by atoms with Gasteiger partial charge in [0.1, 0.15) is 0 Å². The zero-order valence-electron chi connectivity index (χ0n) is 9.60. The Hall–Kier alpha value is -1.15. The minimum absolute atomic E-state index is 0.242. The van der Waals surface area contributed by atoms with E-state index in [0.717, 1.165) is 25.7 Å². The second kappa shape index (κ2) is 5.80. The fourth-order valence-corrected chi connectivity index (χ4v) is 2.20. The van der Waals surface area contributed by atoms with Crippen LogP contribution in [0, 0.1) is 0 Å². The molecule has 1 aliphatic rings. The van der Waals surface area contributed by atoms with Gasteiger partial charge >= 0.3 is 0 Å². The molecular weight excluding hydrogens is 198 g/mol. The number of aryl methyl sites for hydroxylation is 1. The van der Waals surface area contributed by atoms with Crippen LogP contribution in [0.15, 0.2) is 36.2 Å². The van der Waals surface area contributed by atoms with Crippen molar-refractivity contribution in [2.24, 2.45) is 0 Å². The maximum absolute atomic E-state index is 10.1. The number of aliphatic hydroxyl groups is 1. The number of allylic oxidation sites excluding steroid dienone is 1. The van der Waals surface area contributed by atoms with E-state index in [4.69, 9.17) is 0 Å². The van der Waals surface area contributed by atoms with Crippen molar-refractivity contribution in [2.45, 2.75) is 44.6 Å². The van der Waals surface area contributed by atoms with Crippen molar-refractivity contribution >= 4 is 0 Å². The zero-order chi connectivity index (χ0) is 11.2. The van der Waals surface area contributed by atoms with Gasteiger partial charge in [-0.1, -0.05) is 6.08 Å². The number of aliphatic hydroxyl groups excluding tert-OH is 1. The Bertz CT molecular complexity index is 345. The molecule has 1 N–H and O–H groups in total. The summed E-state index contributed by atoms with van der Waals surface area (Å²) in [7, 11) is 0. The molecule has 2 rings (SSSR count). The van der Waals surface area contributed by atoms with Crippen molar-refractivity contribution in [3.63, 3.8) is 0 Å². The van der Waals surface area contributed by atoms with Gasteiger partial charge in [0.25, 0.3) is 0 Å². The van der Waals surface area contributed by atoms with E-state index < -0.39 is 0 Å². The maximum Gasteiger partial charge on any atom is 0.0753 e. The van der Waals surface area contributed by atoms with Crippen LogP contribution in [0.25, 0.3) is 0 Å². The molecule has 0 aromatic carbocycles. The Labute approximate surface area is 97.0 Å². The lowest BCUT2D eigenvalue weighted by atomic mass is 9.92. The molecule has 16 heavy (non-hydrogen) atoms. The molecule has 0 fully saturated rings. The summed E-state index contributed by atoms with van der Waals surface area (Å²) in [6, 6.07) is 4.03. The summed E-state index contributed by atoms with van der Waals surface area (Å²) in [4.78, 5) is 3.99. The monoisotopic (exact) mass is 217 g/mol. The Morgan fingerprint density at radius 1 is 1.25 bits per heavy atom. The second-order valence-corrected chi connectivity index (χ2v) is 4.43. The highest BCUT2D eigenvalue weighted by Gasteiger charge is 2.12. The van der Waals surface area contributed by atoms with E-state index >= 15 is 0 Å². The first kappa shape index (κ1) is 11.3. The van der Waals surface area contributed by atoms with Crippen LogP contribution in [-0.2, 0) is 6.42 Å². The fraction of sp³-hybridized carbons (Fsp3) is 0.500. The first-order chi connectivity index (χ1) is 7.86. The van der Waals surface area contributed by atoms with Crippen LogP contribution in [0.5, 0.6) is 0 Å². The summed E-state index contributed by atoms with van der Waals surface area (Å²) in [5.41, 5.74) is 2.51. The predicted octanol–water partition coefficient (Wildman–Crippen LogP) is 2.88. The van der Waals surface area contributed by atoms with Crippen molar-refractivity contribution in [1.82, 2.24) is 4.98 Å². The van der Waals surface area contributed by atoms with Crippen molar-refractivity contribution in [1.29, 1.82) is 0 Å². The normalized spacial score (nSPS) is 17.9. The van der Waals surface area contributed by atoms with Crippen LogP contribution in [0.2, 0.25) is 0 Å². The number of hydrogen-bond acceptors (Lipinski definition) is 2. The smallest absolute Gasteiger partial charge is 0.0753 e. The fourth-order valence-electron chi connectivity index (χ4n) is 2.20. The lowest BCUT2D eigenvalue weighted by Crippen LogP contribution is -2.13. The van der Waals surface area contributed by atoms with Crippen LogP contribution in [-0.4, -0.2) is 16.2 Å². The molecule has 2 heteroatoms. The van der Waals surface area contributed by atoms with Crippen LogP contribution in [0.4, 0.5) is 0 Å². The number of aromatic nitrogens is 1. The van der Waals surface area contributed by atoms with Gasteiger partial charge in [-0.15, -0.1) is 0 Å². The number of hydrogen-bond donors (Lipinski definition) is 1. The topological polar surface area (TPSA) is 33.1 Å². The van der Waals surface area contributed by atoms with Crippen LogP contribution in [0.1, 0.15) is 37.7 Å². The lowest BCUT2D eigenvalue weighted by molar-refractivity contribution is 0.194. The molecule has 0 saturated carbocycles. The summed E-state index contributed by atoms with van der Waals surface area (Å²) < 4.78 is 0. The molecule has 0 bridgehead atoms. The van der Waals surface area contributed by atoms with Gasteiger partial charge in [-0.2, -0.15) is 0 Å². The number of pyridine rings is 1. The van der Waals surface area contributed by atoms with Crippen LogP contribution >= 0.6 is 0 Å². The first-order valence-corrected chi connectivity index (χ1v) is 6.12. The molecule has 1 aliphatic carbocycles. The number of rotatable bonds is 4. The third kappa shape index (κ3) is 3.17. The third-order valence-corrected chi connectivity index (χ3v) is 3.21. The van der Waals surface area contributed by atoms with E-state index in [1.165, 1.54) is 24.0 Å². The molecule has 2 nitrogen and oxygen atoms in total. The highest BCUT2D eigenvalue weighted by molar-refractivity contribution is 5.14. The molecule has 1 aromatic rings. The van der Waals surface area contributed by atoms with E-state index in [0.29, 0.717) is 0 Å². The zero-order valence-corrected chi connectivity index (χ0v) is 9.60. The van der Waals surface area contributed by atoms with E-state index in [1.807, 2.05) is 24.5 Å². The van der Waals surface area contributed by atoms with Gasteiger partial charge in [-0.3, -0.25) is 4.98 Å². The molecule has 0 aliphatic heterocycles. The molecule has 0 spiro atoms. The van der Waals surface area contributed by atoms with Crippen LogP contribution in [0.3, 0.4) is 0 Å². The summed E-state index contributed by atoms with van der Waals surface area (Å²) in [6.45, 7) is 0. The van der Waals surface area contributed by atoms with E-state index in [-0.39, 0.29) is 6.10 Å². The van der Waals surface area contributed by atoms with Crippen molar-refractivity contribution in [3.8, 4) is 0 Å². The second-order valence-electron chi connectivity index (χ2n) is 4.43. The molecule has 1 aromatic heterocycles. The van der Waals surface area contributed by atoms with Gasteiger partial charge in [-0.05, 0) is 61.8 Å². The van der Waals surface area contributed by atoms with Gasteiger partial charge in [0.2, 0.25) is 0 Å². The minimum atomic E-state index is -0.242. The molecule has 86 valence electrons. The first-order valence-electron chi connectivity index (χ1n) is 6.12. The van der Waals surface area contributed by atoms with Crippen LogP contribution < -0.4 is 0 Å². The van der Waals surface area contributed by atoms with E-state index in [1.54, 1.807) is 0 Å². The Balaban J connectivity index is 1.83. The quantitative estimate of drug-likeness (QED) is 0.787. The lowest BCUT2D eigenvalue weighted by Gasteiger charge is -2.18. The molecular formula is C14H19NO. The third-order valence-electron chi connectivity index (χ3n) is 3.21. The van der Waals surface area contributed by atoms with E-state index in [2.05, 4.69) is 11.1 Å². The van der Waals surface area contributed by atoms with Crippen molar-refractivity contribution in [3.05, 3.63) is 41.7 Å². The summed E-state index contributed by atoms with van der Waals surface area (Å²) in [6.07, 6.45) is 12.1. The van der Waals surface area contributed by atoms with Gasteiger partial charge in [0, 0.05) is 12.4 Å². The summed E-state index contributed by atoms with van der Waals surface area (Å²) in [5.74, 6) is 0. The molecule has 0 saturated heterocycles. The highest BCUT2D eigenvalue weighted by Crippen LogP contribution is 2.22. The molecule has 1 atom stereocenters. The average Bonchev–Trinajstić information content (AvgIpc) is 2.38. The molecule has 0 amide bonds. The summed E-state index contributed by atoms with van der Waals surface area (Å²) in [5, 5.41) is 10.1. The highest BCUT2D eigenvalue weighted by atomic mass is 16.3. The average molecular weight is 217 g/mol. The van der Waals surface area contributed by atoms with Gasteiger partial charge in [0.05, 0.1) is 6.10 Å². The SMILES string of the molecule is OC(CCc1ccncc1)C1=CCCCC1. The van der Waals surface area contributed by atoms with Gasteiger partial charge < -0.3 is 5.11 Å². The van der Waals surface area contributed by atoms with Gasteiger partial charge in [0.15, 0.2) is 0 Å². The Morgan fingerprint density at radius 3 is 2.75 bits per heavy atom. The maximum atomic E-state index is 10.1. The van der Waals surface area contributed by atoms with Crippen molar-refractivity contribution in [2.75, 3.05) is 0 Å². The number of nitrogens with zero attached hydrogens (tertiary/aromatic N) is 1. The Kier molecular flexibility index (Phi) is 4.11. The summed E-state index contributed by atoms with van der Waals surface area (Å²) >= 11 is 0. The van der Waals surface area contributed by atoms with E-state index in [9.17, 15) is 5.11 Å².